The lowest BCUT2D eigenvalue weighted by atomic mass is 9.93. The normalized spacial score (nSPS) is 28.3. The maximum absolute atomic E-state index is 13.4. The molecule has 1 aromatic rings. The first-order chi connectivity index (χ1) is 8.78. The van der Waals surface area contributed by atoms with Crippen molar-refractivity contribution < 1.29 is 4.39 Å². The number of anilines is 1. The first-order valence-electron chi connectivity index (χ1n) is 6.38. The third-order valence-corrected chi connectivity index (χ3v) is 4.10. The summed E-state index contributed by atoms with van der Waals surface area (Å²) in [6.07, 6.45) is 7.09. The van der Waals surface area contributed by atoms with Crippen LogP contribution >= 0.6 is 0 Å². The Morgan fingerprint density at radius 1 is 1.33 bits per heavy atom. The zero-order valence-electron chi connectivity index (χ0n) is 10.1. The second kappa shape index (κ2) is 4.45. The van der Waals surface area contributed by atoms with Crippen LogP contribution in [0.25, 0.3) is 0 Å². The second-order valence-corrected chi connectivity index (χ2v) is 5.20. The van der Waals surface area contributed by atoms with Crippen molar-refractivity contribution in [2.75, 3.05) is 11.9 Å². The van der Waals surface area contributed by atoms with Gasteiger partial charge in [0.25, 0.3) is 0 Å². The first-order valence-corrected chi connectivity index (χ1v) is 6.38. The Labute approximate surface area is 106 Å². The molecular formula is C15H15FN2. The standard InChI is InChI=1S/C15H15FN2/c16-14-2-1-3-15(13(14)8-17)18-9-12-7-10-4-5-11(12)6-10/h1-5,10-12,18H,6-7,9H2. The van der Waals surface area contributed by atoms with E-state index in [-0.39, 0.29) is 5.56 Å². The third kappa shape index (κ3) is 1.88. The predicted molar refractivity (Wildman–Crippen MR) is 68.4 cm³/mol. The molecule has 2 aliphatic carbocycles. The average molecular weight is 242 g/mol. The van der Waals surface area contributed by atoms with Crippen molar-refractivity contribution in [3.8, 4) is 6.07 Å². The number of nitrogens with one attached hydrogen (secondary N) is 1. The van der Waals surface area contributed by atoms with Crippen LogP contribution in [0.2, 0.25) is 0 Å². The molecule has 0 heterocycles. The molecule has 0 aliphatic heterocycles. The van der Waals surface area contributed by atoms with E-state index in [1.807, 2.05) is 6.07 Å². The van der Waals surface area contributed by atoms with Gasteiger partial charge >= 0.3 is 0 Å². The lowest BCUT2D eigenvalue weighted by Gasteiger charge is -2.19. The van der Waals surface area contributed by atoms with Gasteiger partial charge in [0.1, 0.15) is 17.4 Å². The van der Waals surface area contributed by atoms with E-state index in [1.54, 1.807) is 12.1 Å². The lowest BCUT2D eigenvalue weighted by Crippen LogP contribution is -2.18. The summed E-state index contributed by atoms with van der Waals surface area (Å²) < 4.78 is 13.4. The molecule has 92 valence electrons. The average Bonchev–Trinajstić information content (AvgIpc) is 2.98. The summed E-state index contributed by atoms with van der Waals surface area (Å²) in [6.45, 7) is 0.823. The van der Waals surface area contributed by atoms with Gasteiger partial charge in [-0.2, -0.15) is 5.26 Å². The maximum atomic E-state index is 13.4. The highest BCUT2D eigenvalue weighted by Crippen LogP contribution is 2.43. The minimum atomic E-state index is -0.449. The molecule has 0 saturated heterocycles. The summed E-state index contributed by atoms with van der Waals surface area (Å²) in [6, 6.07) is 6.65. The fourth-order valence-corrected chi connectivity index (χ4v) is 3.16. The van der Waals surface area contributed by atoms with Crippen LogP contribution in [0.3, 0.4) is 0 Å². The Hall–Kier alpha value is -1.82. The van der Waals surface area contributed by atoms with Gasteiger partial charge in [-0.3, -0.25) is 0 Å². The smallest absolute Gasteiger partial charge is 0.143 e. The van der Waals surface area contributed by atoms with Crippen molar-refractivity contribution in [2.45, 2.75) is 12.8 Å². The molecule has 2 nitrogen and oxygen atoms in total. The first kappa shape index (κ1) is 11.3. The highest BCUT2D eigenvalue weighted by molar-refractivity contribution is 5.57. The molecule has 0 spiro atoms. The summed E-state index contributed by atoms with van der Waals surface area (Å²) in [5, 5.41) is 12.2. The van der Waals surface area contributed by atoms with Crippen molar-refractivity contribution >= 4 is 5.69 Å². The number of nitrogens with zero attached hydrogens (tertiary/aromatic N) is 1. The van der Waals surface area contributed by atoms with Crippen LogP contribution in [0.15, 0.2) is 30.4 Å². The SMILES string of the molecule is N#Cc1c(F)cccc1NCC1CC2C=CC1C2. The van der Waals surface area contributed by atoms with Gasteiger partial charge in [-0.05, 0) is 42.7 Å². The maximum Gasteiger partial charge on any atom is 0.143 e. The molecule has 1 N–H and O–H groups in total. The molecule has 3 rings (SSSR count). The van der Waals surface area contributed by atoms with Crippen LogP contribution in [-0.4, -0.2) is 6.54 Å². The number of nitriles is 1. The number of rotatable bonds is 3. The van der Waals surface area contributed by atoms with Crippen LogP contribution in [0, 0.1) is 34.9 Å². The molecule has 1 saturated carbocycles. The molecule has 2 aliphatic rings. The van der Waals surface area contributed by atoms with Crippen molar-refractivity contribution in [3.63, 3.8) is 0 Å². The molecule has 2 bridgehead atoms. The Bertz CT molecular complexity index is 530. The Kier molecular flexibility index (Phi) is 2.79. The van der Waals surface area contributed by atoms with Crippen LogP contribution < -0.4 is 5.32 Å². The molecule has 3 unspecified atom stereocenters. The quantitative estimate of drug-likeness (QED) is 0.825. The predicted octanol–water partition coefficient (Wildman–Crippen LogP) is 3.32. The van der Waals surface area contributed by atoms with Gasteiger partial charge in [-0.25, -0.2) is 4.39 Å². The van der Waals surface area contributed by atoms with E-state index in [9.17, 15) is 4.39 Å². The van der Waals surface area contributed by atoms with Gasteiger partial charge in [0.15, 0.2) is 0 Å². The monoisotopic (exact) mass is 242 g/mol. The largest absolute Gasteiger partial charge is 0.384 e. The van der Waals surface area contributed by atoms with E-state index in [4.69, 9.17) is 5.26 Å². The van der Waals surface area contributed by atoms with Gasteiger partial charge in [-0.15, -0.1) is 0 Å². The molecule has 1 fully saturated rings. The van der Waals surface area contributed by atoms with E-state index in [2.05, 4.69) is 17.5 Å². The van der Waals surface area contributed by atoms with E-state index in [0.29, 0.717) is 17.5 Å². The van der Waals surface area contributed by atoms with Gasteiger partial charge in [0.05, 0.1) is 5.69 Å². The van der Waals surface area contributed by atoms with E-state index in [1.165, 1.54) is 18.9 Å². The summed E-state index contributed by atoms with van der Waals surface area (Å²) in [7, 11) is 0. The molecule has 1 aromatic carbocycles. The van der Waals surface area contributed by atoms with E-state index in [0.717, 1.165) is 12.5 Å². The Balaban J connectivity index is 1.69. The molecule has 0 amide bonds. The molecule has 3 atom stereocenters. The number of allylic oxidation sites excluding steroid dienone is 2. The number of hydrogen-bond acceptors (Lipinski definition) is 2. The van der Waals surface area contributed by atoms with Crippen molar-refractivity contribution in [1.82, 2.24) is 0 Å². The third-order valence-electron chi connectivity index (χ3n) is 4.10. The van der Waals surface area contributed by atoms with Gasteiger partial charge in [0.2, 0.25) is 0 Å². The topological polar surface area (TPSA) is 35.8 Å². The molecular weight excluding hydrogens is 227 g/mol. The minimum absolute atomic E-state index is 0.121. The van der Waals surface area contributed by atoms with Crippen LogP contribution in [0.4, 0.5) is 10.1 Å². The minimum Gasteiger partial charge on any atom is -0.384 e. The van der Waals surface area contributed by atoms with Crippen molar-refractivity contribution in [1.29, 1.82) is 5.26 Å². The van der Waals surface area contributed by atoms with Gasteiger partial charge in [-0.1, -0.05) is 18.2 Å². The number of halogens is 1. The van der Waals surface area contributed by atoms with Crippen molar-refractivity contribution in [2.24, 2.45) is 17.8 Å². The zero-order chi connectivity index (χ0) is 12.5. The lowest BCUT2D eigenvalue weighted by molar-refractivity contribution is 0.472. The van der Waals surface area contributed by atoms with Crippen LogP contribution in [0.1, 0.15) is 18.4 Å². The highest BCUT2D eigenvalue weighted by atomic mass is 19.1. The molecule has 18 heavy (non-hydrogen) atoms. The zero-order valence-corrected chi connectivity index (χ0v) is 10.1. The van der Waals surface area contributed by atoms with Crippen molar-refractivity contribution in [3.05, 3.63) is 41.7 Å². The molecule has 0 aromatic heterocycles. The number of benzene rings is 1. The number of fused-ring (bicyclic) bond motifs is 2. The van der Waals surface area contributed by atoms with E-state index < -0.39 is 5.82 Å². The summed E-state index contributed by atoms with van der Waals surface area (Å²) in [5.74, 6) is 1.58. The van der Waals surface area contributed by atoms with Gasteiger partial charge in [0, 0.05) is 6.54 Å². The van der Waals surface area contributed by atoms with E-state index >= 15 is 0 Å². The summed E-state index contributed by atoms with van der Waals surface area (Å²) in [4.78, 5) is 0. The summed E-state index contributed by atoms with van der Waals surface area (Å²) >= 11 is 0. The fourth-order valence-electron chi connectivity index (χ4n) is 3.16. The van der Waals surface area contributed by atoms with Crippen LogP contribution in [0.5, 0.6) is 0 Å². The molecule has 3 heteroatoms. The summed E-state index contributed by atoms with van der Waals surface area (Å²) in [5.41, 5.74) is 0.737. The number of hydrogen-bond donors (Lipinski definition) is 1. The Morgan fingerprint density at radius 3 is 2.89 bits per heavy atom. The fraction of sp³-hybridized carbons (Fsp3) is 0.400. The van der Waals surface area contributed by atoms with Gasteiger partial charge < -0.3 is 5.32 Å². The highest BCUT2D eigenvalue weighted by Gasteiger charge is 2.35. The molecule has 0 radical (unpaired) electrons. The Morgan fingerprint density at radius 2 is 2.22 bits per heavy atom. The van der Waals surface area contributed by atoms with Crippen LogP contribution in [-0.2, 0) is 0 Å². The second-order valence-electron chi connectivity index (χ2n) is 5.20.